The summed E-state index contributed by atoms with van der Waals surface area (Å²) in [6.45, 7) is 2.18. The molecule has 17 heavy (non-hydrogen) atoms. The highest BCUT2D eigenvalue weighted by Gasteiger charge is 2.09. The molecule has 5 nitrogen and oxygen atoms in total. The lowest BCUT2D eigenvalue weighted by Gasteiger charge is -2.02. The summed E-state index contributed by atoms with van der Waals surface area (Å²) in [6, 6.07) is 3.26. The van der Waals surface area contributed by atoms with E-state index >= 15 is 0 Å². The van der Waals surface area contributed by atoms with Gasteiger partial charge in [0.25, 0.3) is 5.91 Å². The predicted molar refractivity (Wildman–Crippen MR) is 64.3 cm³/mol. The molecule has 0 aliphatic rings. The molecule has 0 aliphatic heterocycles. The molecule has 0 atom stereocenters. The molecule has 88 valence electrons. The van der Waals surface area contributed by atoms with E-state index in [1.165, 1.54) is 0 Å². The van der Waals surface area contributed by atoms with E-state index in [1.807, 2.05) is 6.92 Å². The SMILES string of the molecule is Cc1cnc(CNC(=O)c2ccc(Br)o2)cn1. The molecular formula is C11H10BrN3O2. The highest BCUT2D eigenvalue weighted by molar-refractivity contribution is 9.10. The maximum atomic E-state index is 11.6. The van der Waals surface area contributed by atoms with Crippen molar-refractivity contribution >= 4 is 21.8 Å². The van der Waals surface area contributed by atoms with Gasteiger partial charge in [-0.2, -0.15) is 0 Å². The van der Waals surface area contributed by atoms with Gasteiger partial charge in [0.2, 0.25) is 0 Å². The second-order valence-corrected chi connectivity index (χ2v) is 4.22. The zero-order valence-corrected chi connectivity index (χ0v) is 10.7. The molecule has 0 fully saturated rings. The summed E-state index contributed by atoms with van der Waals surface area (Å²) in [5, 5.41) is 2.69. The fourth-order valence-electron chi connectivity index (χ4n) is 1.20. The van der Waals surface area contributed by atoms with E-state index in [4.69, 9.17) is 4.42 Å². The minimum atomic E-state index is -0.280. The Balaban J connectivity index is 1.94. The molecule has 0 unspecified atom stereocenters. The minimum absolute atomic E-state index is 0.261. The van der Waals surface area contributed by atoms with Crippen LogP contribution in [0.25, 0.3) is 0 Å². The average molecular weight is 296 g/mol. The Labute approximate surface area is 106 Å². The van der Waals surface area contributed by atoms with E-state index < -0.39 is 0 Å². The van der Waals surface area contributed by atoms with E-state index in [2.05, 4.69) is 31.2 Å². The molecule has 2 aromatic rings. The van der Waals surface area contributed by atoms with Gasteiger partial charge in [0.15, 0.2) is 10.4 Å². The Kier molecular flexibility index (Phi) is 3.53. The monoisotopic (exact) mass is 295 g/mol. The van der Waals surface area contributed by atoms with Crippen molar-refractivity contribution in [2.75, 3.05) is 0 Å². The smallest absolute Gasteiger partial charge is 0.287 e. The van der Waals surface area contributed by atoms with Crippen LogP contribution in [0.3, 0.4) is 0 Å². The first-order valence-corrected chi connectivity index (χ1v) is 5.75. The third-order valence-corrected chi connectivity index (χ3v) is 2.49. The Morgan fingerprint density at radius 2 is 2.24 bits per heavy atom. The van der Waals surface area contributed by atoms with Crippen LogP contribution < -0.4 is 5.32 Å². The molecule has 1 amide bonds. The van der Waals surface area contributed by atoms with Crippen LogP contribution in [0.15, 0.2) is 33.6 Å². The molecule has 1 N–H and O–H groups in total. The Hall–Kier alpha value is -1.69. The normalized spacial score (nSPS) is 10.2. The van der Waals surface area contributed by atoms with Gasteiger partial charge in [-0.3, -0.25) is 14.8 Å². The van der Waals surface area contributed by atoms with Crippen molar-refractivity contribution in [3.63, 3.8) is 0 Å². The number of hydrogen-bond acceptors (Lipinski definition) is 4. The predicted octanol–water partition coefficient (Wildman–Crippen LogP) is 2.07. The molecule has 2 rings (SSSR count). The Morgan fingerprint density at radius 3 is 2.82 bits per heavy atom. The summed E-state index contributed by atoms with van der Waals surface area (Å²) in [7, 11) is 0. The van der Waals surface area contributed by atoms with Gasteiger partial charge in [-0.25, -0.2) is 0 Å². The first-order chi connectivity index (χ1) is 8.15. The van der Waals surface area contributed by atoms with Crippen molar-refractivity contribution in [1.29, 1.82) is 0 Å². The quantitative estimate of drug-likeness (QED) is 0.941. The molecule has 0 saturated heterocycles. The molecule has 6 heteroatoms. The highest BCUT2D eigenvalue weighted by Crippen LogP contribution is 2.13. The maximum Gasteiger partial charge on any atom is 0.287 e. The van der Waals surface area contributed by atoms with Crippen molar-refractivity contribution in [1.82, 2.24) is 15.3 Å². The van der Waals surface area contributed by atoms with E-state index in [1.54, 1.807) is 24.5 Å². The van der Waals surface area contributed by atoms with Crippen LogP contribution >= 0.6 is 15.9 Å². The molecule has 2 heterocycles. The Bertz CT molecular complexity index is 522. The first-order valence-electron chi connectivity index (χ1n) is 4.96. The van der Waals surface area contributed by atoms with Crippen molar-refractivity contribution in [2.45, 2.75) is 13.5 Å². The molecule has 0 aliphatic carbocycles. The number of amides is 1. The van der Waals surface area contributed by atoms with Crippen LogP contribution in [0.2, 0.25) is 0 Å². The number of aryl methyl sites for hydroxylation is 1. The summed E-state index contributed by atoms with van der Waals surface area (Å²) in [5.74, 6) is -0.0185. The number of aromatic nitrogens is 2. The maximum absolute atomic E-state index is 11.6. The number of halogens is 1. The summed E-state index contributed by atoms with van der Waals surface area (Å²) in [4.78, 5) is 19.8. The fraction of sp³-hybridized carbons (Fsp3) is 0.182. The number of carbonyl (C=O) groups is 1. The third-order valence-electron chi connectivity index (χ3n) is 2.06. The van der Waals surface area contributed by atoms with Gasteiger partial charge in [0, 0.05) is 6.20 Å². The van der Waals surface area contributed by atoms with Gasteiger partial charge < -0.3 is 9.73 Å². The molecule has 0 spiro atoms. The summed E-state index contributed by atoms with van der Waals surface area (Å²) < 4.78 is 5.65. The van der Waals surface area contributed by atoms with E-state index in [-0.39, 0.29) is 11.7 Å². The topological polar surface area (TPSA) is 68.0 Å². The molecule has 0 radical (unpaired) electrons. The van der Waals surface area contributed by atoms with Crippen molar-refractivity contribution in [3.05, 3.63) is 46.3 Å². The number of rotatable bonds is 3. The molecule has 2 aromatic heterocycles. The average Bonchev–Trinajstić information content (AvgIpc) is 2.75. The van der Waals surface area contributed by atoms with E-state index in [0.29, 0.717) is 16.9 Å². The standard InChI is InChI=1S/C11H10BrN3O2/c1-7-4-14-8(5-13-7)6-15-11(16)9-2-3-10(12)17-9/h2-5H,6H2,1H3,(H,15,16). The summed E-state index contributed by atoms with van der Waals surface area (Å²) in [5.41, 5.74) is 1.55. The second kappa shape index (κ2) is 5.09. The van der Waals surface area contributed by atoms with Crippen LogP contribution in [0, 0.1) is 6.92 Å². The van der Waals surface area contributed by atoms with Crippen LogP contribution in [-0.2, 0) is 6.54 Å². The number of furan rings is 1. The zero-order valence-electron chi connectivity index (χ0n) is 9.11. The van der Waals surface area contributed by atoms with Crippen LogP contribution in [0.1, 0.15) is 21.9 Å². The van der Waals surface area contributed by atoms with Gasteiger partial charge in [-0.1, -0.05) is 0 Å². The van der Waals surface area contributed by atoms with Gasteiger partial charge >= 0.3 is 0 Å². The fourth-order valence-corrected chi connectivity index (χ4v) is 1.51. The van der Waals surface area contributed by atoms with Gasteiger partial charge in [-0.05, 0) is 35.0 Å². The number of nitrogens with one attached hydrogen (secondary N) is 1. The summed E-state index contributed by atoms with van der Waals surface area (Å²) >= 11 is 3.14. The van der Waals surface area contributed by atoms with Crippen molar-refractivity contribution < 1.29 is 9.21 Å². The van der Waals surface area contributed by atoms with Gasteiger partial charge in [-0.15, -0.1) is 0 Å². The lowest BCUT2D eigenvalue weighted by molar-refractivity contribution is 0.0921. The molecule has 0 aromatic carbocycles. The van der Waals surface area contributed by atoms with Gasteiger partial charge in [0.1, 0.15) is 0 Å². The van der Waals surface area contributed by atoms with Crippen molar-refractivity contribution in [2.24, 2.45) is 0 Å². The summed E-state index contributed by atoms with van der Waals surface area (Å²) in [6.07, 6.45) is 3.29. The van der Waals surface area contributed by atoms with Crippen LogP contribution in [-0.4, -0.2) is 15.9 Å². The third kappa shape index (κ3) is 3.13. The molecular weight excluding hydrogens is 286 g/mol. The highest BCUT2D eigenvalue weighted by atomic mass is 79.9. The first kappa shape index (κ1) is 11.8. The lowest BCUT2D eigenvalue weighted by atomic mass is 10.4. The Morgan fingerprint density at radius 1 is 1.41 bits per heavy atom. The largest absolute Gasteiger partial charge is 0.444 e. The van der Waals surface area contributed by atoms with Gasteiger partial charge in [0.05, 0.1) is 24.1 Å². The second-order valence-electron chi connectivity index (χ2n) is 3.44. The number of carbonyl (C=O) groups excluding carboxylic acids is 1. The molecule has 0 saturated carbocycles. The van der Waals surface area contributed by atoms with Crippen LogP contribution in [0.5, 0.6) is 0 Å². The van der Waals surface area contributed by atoms with E-state index in [9.17, 15) is 4.79 Å². The number of hydrogen-bond donors (Lipinski definition) is 1. The van der Waals surface area contributed by atoms with Crippen molar-refractivity contribution in [3.8, 4) is 0 Å². The van der Waals surface area contributed by atoms with E-state index in [0.717, 1.165) is 5.69 Å². The number of nitrogens with zero attached hydrogens (tertiary/aromatic N) is 2. The van der Waals surface area contributed by atoms with Crippen LogP contribution in [0.4, 0.5) is 0 Å². The minimum Gasteiger partial charge on any atom is -0.444 e. The zero-order chi connectivity index (χ0) is 12.3. The molecule has 0 bridgehead atoms. The lowest BCUT2D eigenvalue weighted by Crippen LogP contribution is -2.22.